The predicted octanol–water partition coefficient (Wildman–Crippen LogP) is 0.162. The maximum atomic E-state index is 11.2. The summed E-state index contributed by atoms with van der Waals surface area (Å²) in [4.78, 5) is 22.2. The van der Waals surface area contributed by atoms with Crippen LogP contribution in [0.25, 0.3) is 0 Å². The molecule has 0 radical (unpaired) electrons. The normalized spacial score (nSPS) is 15.8. The maximum Gasteiger partial charge on any atom is 0.335 e. The monoisotopic (exact) mass is 181 g/mol. The van der Waals surface area contributed by atoms with E-state index in [1.807, 2.05) is 0 Å². The molecule has 13 heavy (non-hydrogen) atoms. The van der Waals surface area contributed by atoms with Crippen molar-refractivity contribution in [2.24, 2.45) is 0 Å². The van der Waals surface area contributed by atoms with Crippen LogP contribution in [0.3, 0.4) is 0 Å². The molecule has 0 saturated heterocycles. The van der Waals surface area contributed by atoms with Crippen LogP contribution in [0.15, 0.2) is 23.9 Å². The maximum absolute atomic E-state index is 11.2. The van der Waals surface area contributed by atoms with Crippen molar-refractivity contribution in [1.82, 2.24) is 5.32 Å². The van der Waals surface area contributed by atoms with E-state index in [4.69, 9.17) is 4.74 Å². The third-order valence-corrected chi connectivity index (χ3v) is 1.51. The summed E-state index contributed by atoms with van der Waals surface area (Å²) in [5.74, 6) is -0.639. The third-order valence-electron chi connectivity index (χ3n) is 1.51. The van der Waals surface area contributed by atoms with Gasteiger partial charge in [0.25, 0.3) is 0 Å². The van der Waals surface area contributed by atoms with Gasteiger partial charge in [0, 0.05) is 18.8 Å². The molecule has 0 aromatic carbocycles. The molecular weight excluding hydrogens is 170 g/mol. The van der Waals surface area contributed by atoms with E-state index in [0.717, 1.165) is 0 Å². The lowest BCUT2D eigenvalue weighted by molar-refractivity contribution is -0.138. The molecule has 0 saturated carbocycles. The number of carbonyl (C=O) groups is 2. The summed E-state index contributed by atoms with van der Waals surface area (Å²) in [5.41, 5.74) is 0.358. The van der Waals surface area contributed by atoms with Crippen LogP contribution in [0.5, 0.6) is 0 Å². The van der Waals surface area contributed by atoms with Crippen LogP contribution in [0.1, 0.15) is 6.92 Å². The molecule has 0 amide bonds. The molecule has 1 aliphatic rings. The number of carbonyl (C=O) groups excluding carboxylic acids is 2. The van der Waals surface area contributed by atoms with Crippen LogP contribution < -0.4 is 5.32 Å². The minimum Gasteiger partial charge on any atom is -0.463 e. The number of hydrogen-bond donors (Lipinski definition) is 1. The molecule has 70 valence electrons. The highest BCUT2D eigenvalue weighted by Crippen LogP contribution is 2.00. The van der Waals surface area contributed by atoms with Crippen molar-refractivity contribution in [3.63, 3.8) is 0 Å². The Bertz CT molecular complexity index is 279. The molecule has 0 atom stereocenters. The second-order valence-electron chi connectivity index (χ2n) is 2.51. The molecule has 1 N–H and O–H groups in total. The Balaban J connectivity index is 2.69. The van der Waals surface area contributed by atoms with Gasteiger partial charge in [-0.3, -0.25) is 4.79 Å². The van der Waals surface area contributed by atoms with Crippen molar-refractivity contribution in [2.75, 3.05) is 13.2 Å². The molecule has 0 aromatic rings. The minimum absolute atomic E-state index is 0.201. The topological polar surface area (TPSA) is 55.4 Å². The molecule has 0 fully saturated rings. The molecule has 0 aliphatic carbocycles. The summed E-state index contributed by atoms with van der Waals surface area (Å²) in [6.45, 7) is 2.38. The summed E-state index contributed by atoms with van der Waals surface area (Å²) in [6.07, 6.45) is 4.17. The van der Waals surface area contributed by atoms with E-state index < -0.39 is 5.97 Å². The molecule has 4 heteroatoms. The van der Waals surface area contributed by atoms with Gasteiger partial charge in [0.05, 0.1) is 12.2 Å². The number of rotatable bonds is 2. The lowest BCUT2D eigenvalue weighted by Gasteiger charge is -2.04. The Labute approximate surface area is 76.3 Å². The lowest BCUT2D eigenvalue weighted by Crippen LogP contribution is -2.17. The molecule has 1 heterocycles. The largest absolute Gasteiger partial charge is 0.463 e. The lowest BCUT2D eigenvalue weighted by atomic mass is 10.2. The van der Waals surface area contributed by atoms with E-state index in [0.29, 0.717) is 18.7 Å². The highest BCUT2D eigenvalue weighted by molar-refractivity contribution is 6.05. The van der Waals surface area contributed by atoms with Crippen LogP contribution in [-0.2, 0) is 14.3 Å². The second-order valence-corrected chi connectivity index (χ2v) is 2.51. The standard InChI is InChI=1S/C9H11NO3/c1-2-13-9(12)7-5-8(11)3-4-10-6-7/h3-5,10H,2,6H2,1H3. The number of nitrogens with one attached hydrogen (secondary N) is 1. The SMILES string of the molecule is CCOC(=O)C1=CC(=O)C=CNC1. The van der Waals surface area contributed by atoms with Crippen molar-refractivity contribution >= 4 is 11.8 Å². The van der Waals surface area contributed by atoms with Gasteiger partial charge in [0.2, 0.25) is 0 Å². The van der Waals surface area contributed by atoms with Gasteiger partial charge in [-0.15, -0.1) is 0 Å². The zero-order chi connectivity index (χ0) is 9.68. The quantitative estimate of drug-likeness (QED) is 0.616. The Morgan fingerprint density at radius 3 is 3.15 bits per heavy atom. The van der Waals surface area contributed by atoms with Crippen LogP contribution in [-0.4, -0.2) is 24.9 Å². The van der Waals surface area contributed by atoms with Crippen LogP contribution in [0.2, 0.25) is 0 Å². The zero-order valence-electron chi connectivity index (χ0n) is 7.37. The Hall–Kier alpha value is -1.58. The number of ketones is 1. The van der Waals surface area contributed by atoms with Gasteiger partial charge in [-0.2, -0.15) is 0 Å². The predicted molar refractivity (Wildman–Crippen MR) is 46.9 cm³/mol. The smallest absolute Gasteiger partial charge is 0.335 e. The van der Waals surface area contributed by atoms with Gasteiger partial charge in [0.15, 0.2) is 5.78 Å². The summed E-state index contributed by atoms with van der Waals surface area (Å²) in [5, 5.41) is 2.80. The fraction of sp³-hybridized carbons (Fsp3) is 0.333. The van der Waals surface area contributed by atoms with Crippen molar-refractivity contribution in [1.29, 1.82) is 0 Å². The molecule has 1 rings (SSSR count). The van der Waals surface area contributed by atoms with Gasteiger partial charge < -0.3 is 10.1 Å². The van der Waals surface area contributed by atoms with E-state index in [9.17, 15) is 9.59 Å². The molecule has 0 spiro atoms. The molecular formula is C9H11NO3. The molecule has 1 aliphatic heterocycles. The molecule has 0 bridgehead atoms. The summed E-state index contributed by atoms with van der Waals surface area (Å²) in [7, 11) is 0. The average Bonchev–Trinajstić information content (AvgIpc) is 2.30. The highest BCUT2D eigenvalue weighted by atomic mass is 16.5. The number of hydrogen-bond acceptors (Lipinski definition) is 4. The zero-order valence-corrected chi connectivity index (χ0v) is 7.37. The minimum atomic E-state index is -0.438. The molecule has 0 unspecified atom stereocenters. The van der Waals surface area contributed by atoms with E-state index >= 15 is 0 Å². The van der Waals surface area contributed by atoms with Crippen LogP contribution in [0.4, 0.5) is 0 Å². The Kier molecular flexibility index (Phi) is 3.25. The van der Waals surface area contributed by atoms with E-state index in [-0.39, 0.29) is 5.78 Å². The molecule has 4 nitrogen and oxygen atoms in total. The van der Waals surface area contributed by atoms with Gasteiger partial charge in [-0.05, 0) is 13.0 Å². The van der Waals surface area contributed by atoms with Crippen molar-refractivity contribution in [3.05, 3.63) is 23.9 Å². The summed E-state index contributed by atoms with van der Waals surface area (Å²) >= 11 is 0. The van der Waals surface area contributed by atoms with E-state index in [1.165, 1.54) is 18.4 Å². The van der Waals surface area contributed by atoms with E-state index in [2.05, 4.69) is 5.32 Å². The Morgan fingerprint density at radius 1 is 1.69 bits per heavy atom. The van der Waals surface area contributed by atoms with Crippen LogP contribution >= 0.6 is 0 Å². The van der Waals surface area contributed by atoms with Crippen molar-refractivity contribution < 1.29 is 14.3 Å². The van der Waals surface area contributed by atoms with Gasteiger partial charge in [-0.25, -0.2) is 4.79 Å². The first-order valence-corrected chi connectivity index (χ1v) is 4.05. The van der Waals surface area contributed by atoms with Crippen molar-refractivity contribution in [3.8, 4) is 0 Å². The number of ether oxygens (including phenoxy) is 1. The fourth-order valence-electron chi connectivity index (χ4n) is 0.936. The highest BCUT2D eigenvalue weighted by Gasteiger charge is 2.12. The number of allylic oxidation sites excluding steroid dienone is 2. The first-order valence-electron chi connectivity index (χ1n) is 4.05. The van der Waals surface area contributed by atoms with Gasteiger partial charge in [-0.1, -0.05) is 0 Å². The van der Waals surface area contributed by atoms with Gasteiger partial charge in [0.1, 0.15) is 0 Å². The average molecular weight is 181 g/mol. The summed E-state index contributed by atoms with van der Waals surface area (Å²) < 4.78 is 4.76. The first kappa shape index (κ1) is 9.51. The Morgan fingerprint density at radius 2 is 2.46 bits per heavy atom. The van der Waals surface area contributed by atoms with Crippen LogP contribution in [0, 0.1) is 0 Å². The van der Waals surface area contributed by atoms with Gasteiger partial charge >= 0.3 is 5.97 Å². The fourth-order valence-corrected chi connectivity index (χ4v) is 0.936. The van der Waals surface area contributed by atoms with Crippen molar-refractivity contribution in [2.45, 2.75) is 6.92 Å². The molecule has 0 aromatic heterocycles. The second kappa shape index (κ2) is 4.45. The number of esters is 1. The first-order chi connectivity index (χ1) is 6.24. The third kappa shape index (κ3) is 2.74. The van der Waals surface area contributed by atoms with E-state index in [1.54, 1.807) is 6.92 Å². The summed E-state index contributed by atoms with van der Waals surface area (Å²) in [6, 6.07) is 0.